The number of benzene rings is 1. The van der Waals surface area contributed by atoms with E-state index in [9.17, 15) is 4.79 Å². The van der Waals surface area contributed by atoms with Gasteiger partial charge in [0.15, 0.2) is 0 Å². The SMILES string of the molecule is Cc1ccc(Br)cc1C(=O)N1CCCCCCC1. The Balaban J connectivity index is 2.15. The second-order valence-corrected chi connectivity index (χ2v) is 5.93. The molecule has 3 heteroatoms. The topological polar surface area (TPSA) is 20.3 Å². The van der Waals surface area contributed by atoms with E-state index < -0.39 is 0 Å². The maximum Gasteiger partial charge on any atom is 0.254 e. The van der Waals surface area contributed by atoms with Crippen LogP contribution in [0, 0.1) is 6.92 Å². The first kappa shape index (κ1) is 13.6. The van der Waals surface area contributed by atoms with E-state index in [-0.39, 0.29) is 5.91 Å². The molecule has 0 radical (unpaired) electrons. The predicted octanol–water partition coefficient (Wildman–Crippen LogP) is 4.16. The third kappa shape index (κ3) is 3.35. The minimum absolute atomic E-state index is 0.190. The summed E-state index contributed by atoms with van der Waals surface area (Å²) in [6.07, 6.45) is 6.10. The van der Waals surface area contributed by atoms with Gasteiger partial charge in [0.25, 0.3) is 5.91 Å². The second kappa shape index (κ2) is 6.37. The summed E-state index contributed by atoms with van der Waals surface area (Å²) < 4.78 is 0.975. The van der Waals surface area contributed by atoms with E-state index in [1.54, 1.807) is 0 Å². The molecule has 2 rings (SSSR count). The number of halogens is 1. The van der Waals surface area contributed by atoms with Gasteiger partial charge < -0.3 is 4.90 Å². The molecule has 1 saturated heterocycles. The molecule has 1 heterocycles. The van der Waals surface area contributed by atoms with Gasteiger partial charge in [-0.1, -0.05) is 41.3 Å². The highest BCUT2D eigenvalue weighted by molar-refractivity contribution is 9.10. The summed E-state index contributed by atoms with van der Waals surface area (Å²) in [6.45, 7) is 3.82. The van der Waals surface area contributed by atoms with Crippen LogP contribution in [0.1, 0.15) is 48.0 Å². The van der Waals surface area contributed by atoms with Gasteiger partial charge in [0.1, 0.15) is 0 Å². The molecule has 1 aliphatic heterocycles. The highest BCUT2D eigenvalue weighted by atomic mass is 79.9. The maximum absolute atomic E-state index is 12.5. The molecule has 2 nitrogen and oxygen atoms in total. The van der Waals surface area contributed by atoms with Gasteiger partial charge in [0, 0.05) is 23.1 Å². The summed E-state index contributed by atoms with van der Waals surface area (Å²) in [6, 6.07) is 5.93. The van der Waals surface area contributed by atoms with Crippen molar-refractivity contribution in [1.82, 2.24) is 4.90 Å². The lowest BCUT2D eigenvalue weighted by Gasteiger charge is -2.25. The quantitative estimate of drug-likeness (QED) is 0.762. The Morgan fingerprint density at radius 1 is 1.11 bits per heavy atom. The first-order chi connectivity index (χ1) is 8.68. The van der Waals surface area contributed by atoms with E-state index >= 15 is 0 Å². The Hall–Kier alpha value is -0.830. The van der Waals surface area contributed by atoms with Crippen molar-refractivity contribution in [2.45, 2.75) is 39.0 Å². The highest BCUT2D eigenvalue weighted by Gasteiger charge is 2.18. The van der Waals surface area contributed by atoms with Crippen LogP contribution in [-0.4, -0.2) is 23.9 Å². The number of rotatable bonds is 1. The number of hydrogen-bond donors (Lipinski definition) is 0. The fourth-order valence-electron chi connectivity index (χ4n) is 2.45. The number of hydrogen-bond acceptors (Lipinski definition) is 1. The van der Waals surface area contributed by atoms with Crippen LogP contribution in [0.3, 0.4) is 0 Å². The van der Waals surface area contributed by atoms with E-state index in [0.717, 1.165) is 41.5 Å². The van der Waals surface area contributed by atoms with Crippen molar-refractivity contribution in [1.29, 1.82) is 0 Å². The molecule has 0 aliphatic carbocycles. The Labute approximate surface area is 117 Å². The third-order valence-corrected chi connectivity index (χ3v) is 4.07. The maximum atomic E-state index is 12.5. The van der Waals surface area contributed by atoms with E-state index in [1.807, 2.05) is 30.0 Å². The zero-order chi connectivity index (χ0) is 13.0. The summed E-state index contributed by atoms with van der Waals surface area (Å²) in [4.78, 5) is 14.6. The van der Waals surface area contributed by atoms with Gasteiger partial charge in [-0.3, -0.25) is 4.79 Å². The van der Waals surface area contributed by atoms with Crippen molar-refractivity contribution >= 4 is 21.8 Å². The molecule has 1 aromatic carbocycles. The van der Waals surface area contributed by atoms with Gasteiger partial charge in [-0.2, -0.15) is 0 Å². The van der Waals surface area contributed by atoms with Crippen molar-refractivity contribution in [3.8, 4) is 0 Å². The van der Waals surface area contributed by atoms with Gasteiger partial charge in [-0.05, 0) is 37.5 Å². The van der Waals surface area contributed by atoms with Gasteiger partial charge >= 0.3 is 0 Å². The molecule has 1 aromatic rings. The number of aryl methyl sites for hydroxylation is 1. The van der Waals surface area contributed by atoms with Crippen LogP contribution in [0.5, 0.6) is 0 Å². The monoisotopic (exact) mass is 309 g/mol. The predicted molar refractivity (Wildman–Crippen MR) is 77.9 cm³/mol. The fourth-order valence-corrected chi connectivity index (χ4v) is 2.81. The van der Waals surface area contributed by atoms with Crippen molar-refractivity contribution in [2.75, 3.05) is 13.1 Å². The molecule has 1 fully saturated rings. The number of nitrogens with zero attached hydrogens (tertiary/aromatic N) is 1. The number of amides is 1. The normalized spacial score (nSPS) is 17.1. The molecular formula is C15H20BrNO. The molecule has 0 saturated carbocycles. The van der Waals surface area contributed by atoms with Crippen LogP contribution in [-0.2, 0) is 0 Å². The Morgan fingerprint density at radius 2 is 1.72 bits per heavy atom. The van der Waals surface area contributed by atoms with Crippen molar-refractivity contribution < 1.29 is 4.79 Å². The Morgan fingerprint density at radius 3 is 2.39 bits per heavy atom. The molecule has 98 valence electrons. The van der Waals surface area contributed by atoms with Crippen molar-refractivity contribution in [2.24, 2.45) is 0 Å². The fraction of sp³-hybridized carbons (Fsp3) is 0.533. The zero-order valence-corrected chi connectivity index (χ0v) is 12.5. The molecule has 0 bridgehead atoms. The highest BCUT2D eigenvalue weighted by Crippen LogP contribution is 2.19. The second-order valence-electron chi connectivity index (χ2n) is 5.02. The molecular weight excluding hydrogens is 290 g/mol. The van der Waals surface area contributed by atoms with Gasteiger partial charge in [0.2, 0.25) is 0 Å². The molecule has 0 N–H and O–H groups in total. The van der Waals surface area contributed by atoms with Crippen LogP contribution < -0.4 is 0 Å². The lowest BCUT2D eigenvalue weighted by atomic mass is 10.0. The first-order valence-electron chi connectivity index (χ1n) is 6.74. The summed E-state index contributed by atoms with van der Waals surface area (Å²) in [7, 11) is 0. The molecule has 0 unspecified atom stereocenters. The van der Waals surface area contributed by atoms with Gasteiger partial charge in [-0.25, -0.2) is 0 Å². The van der Waals surface area contributed by atoms with E-state index in [0.29, 0.717) is 0 Å². The minimum Gasteiger partial charge on any atom is -0.339 e. The zero-order valence-electron chi connectivity index (χ0n) is 10.9. The molecule has 0 aromatic heterocycles. The number of likely N-dealkylation sites (tertiary alicyclic amines) is 1. The minimum atomic E-state index is 0.190. The molecule has 1 amide bonds. The van der Waals surface area contributed by atoms with Crippen molar-refractivity contribution in [3.63, 3.8) is 0 Å². The molecule has 0 atom stereocenters. The van der Waals surface area contributed by atoms with E-state index in [2.05, 4.69) is 15.9 Å². The van der Waals surface area contributed by atoms with Crippen LogP contribution in [0.4, 0.5) is 0 Å². The largest absolute Gasteiger partial charge is 0.339 e. The van der Waals surface area contributed by atoms with Gasteiger partial charge in [0.05, 0.1) is 0 Å². The van der Waals surface area contributed by atoms with Crippen LogP contribution >= 0.6 is 15.9 Å². The Bertz CT molecular complexity index is 423. The molecule has 1 aliphatic rings. The number of carbonyl (C=O) groups is 1. The summed E-state index contributed by atoms with van der Waals surface area (Å²) in [5, 5.41) is 0. The summed E-state index contributed by atoms with van der Waals surface area (Å²) in [5.74, 6) is 0.190. The Kier molecular flexibility index (Phi) is 4.81. The first-order valence-corrected chi connectivity index (χ1v) is 7.53. The lowest BCUT2D eigenvalue weighted by molar-refractivity contribution is 0.0741. The van der Waals surface area contributed by atoms with E-state index in [1.165, 1.54) is 19.3 Å². The molecule has 18 heavy (non-hydrogen) atoms. The third-order valence-electron chi connectivity index (χ3n) is 3.57. The molecule has 0 spiro atoms. The smallest absolute Gasteiger partial charge is 0.254 e. The van der Waals surface area contributed by atoms with Crippen molar-refractivity contribution in [3.05, 3.63) is 33.8 Å². The average molecular weight is 310 g/mol. The standard InChI is InChI=1S/C15H20BrNO/c1-12-7-8-13(16)11-14(12)15(18)17-9-5-3-2-4-6-10-17/h7-8,11H,2-6,9-10H2,1H3. The number of carbonyl (C=O) groups excluding carboxylic acids is 1. The lowest BCUT2D eigenvalue weighted by Crippen LogP contribution is -2.34. The van der Waals surface area contributed by atoms with Crippen LogP contribution in [0.25, 0.3) is 0 Å². The van der Waals surface area contributed by atoms with Crippen LogP contribution in [0.15, 0.2) is 22.7 Å². The van der Waals surface area contributed by atoms with Gasteiger partial charge in [-0.15, -0.1) is 0 Å². The van der Waals surface area contributed by atoms with Crippen LogP contribution in [0.2, 0.25) is 0 Å². The average Bonchev–Trinajstić information content (AvgIpc) is 2.31. The van der Waals surface area contributed by atoms with E-state index in [4.69, 9.17) is 0 Å². The summed E-state index contributed by atoms with van der Waals surface area (Å²) in [5.41, 5.74) is 1.90. The summed E-state index contributed by atoms with van der Waals surface area (Å²) >= 11 is 3.45.